The van der Waals surface area contributed by atoms with E-state index in [1.54, 1.807) is 0 Å². The fraction of sp³-hybridized carbons (Fsp3) is 0.909. The maximum Gasteiger partial charge on any atom is 0.222 e. The zero-order chi connectivity index (χ0) is 11.1. The van der Waals surface area contributed by atoms with E-state index < -0.39 is 0 Å². The van der Waals surface area contributed by atoms with Gasteiger partial charge in [-0.05, 0) is 26.3 Å². The first-order valence-electron chi connectivity index (χ1n) is 5.84. The third-order valence-electron chi connectivity index (χ3n) is 2.60. The van der Waals surface area contributed by atoms with Crippen molar-refractivity contribution >= 4 is 18.3 Å². The Morgan fingerprint density at radius 1 is 1.56 bits per heavy atom. The van der Waals surface area contributed by atoms with Gasteiger partial charge in [0.25, 0.3) is 0 Å². The van der Waals surface area contributed by atoms with E-state index in [-0.39, 0.29) is 24.4 Å². The fourth-order valence-electron chi connectivity index (χ4n) is 1.77. The van der Waals surface area contributed by atoms with E-state index in [2.05, 4.69) is 24.5 Å². The minimum atomic E-state index is 0. The predicted molar refractivity (Wildman–Crippen MR) is 67.0 cm³/mol. The van der Waals surface area contributed by atoms with Crippen LogP contribution in [0.2, 0.25) is 0 Å². The number of carbonyl (C=O) groups is 1. The number of rotatable bonds is 6. The van der Waals surface area contributed by atoms with E-state index in [0.717, 1.165) is 26.0 Å². The van der Waals surface area contributed by atoms with Gasteiger partial charge in [-0.2, -0.15) is 0 Å². The van der Waals surface area contributed by atoms with Gasteiger partial charge in [0.05, 0.1) is 12.5 Å². The lowest BCUT2D eigenvalue weighted by atomic mass is 10.2. The summed E-state index contributed by atoms with van der Waals surface area (Å²) < 4.78 is 5.40. The van der Waals surface area contributed by atoms with Crippen LogP contribution in [0.3, 0.4) is 0 Å². The SMILES string of the molecule is CCN[C@H](C)CNC(=O)CC1CCCO1.Cl. The first kappa shape index (κ1) is 15.7. The molecule has 0 aliphatic carbocycles. The molecule has 2 N–H and O–H groups in total. The second-order valence-corrected chi connectivity index (χ2v) is 4.10. The molecule has 0 aromatic heterocycles. The molecule has 1 amide bonds. The number of hydrogen-bond donors (Lipinski definition) is 2. The van der Waals surface area contributed by atoms with Crippen molar-refractivity contribution in [2.24, 2.45) is 0 Å². The van der Waals surface area contributed by atoms with Gasteiger partial charge < -0.3 is 15.4 Å². The monoisotopic (exact) mass is 250 g/mol. The molecular formula is C11H23ClN2O2. The highest BCUT2D eigenvalue weighted by Gasteiger charge is 2.18. The molecule has 16 heavy (non-hydrogen) atoms. The molecule has 0 aromatic rings. The standard InChI is InChI=1S/C11H22N2O2.ClH/c1-3-12-9(2)8-13-11(14)7-10-5-4-6-15-10;/h9-10,12H,3-8H2,1-2H3,(H,13,14);1H/t9-,10?;/m1./s1. The molecule has 0 radical (unpaired) electrons. The van der Waals surface area contributed by atoms with E-state index in [1.165, 1.54) is 0 Å². The van der Waals surface area contributed by atoms with Crippen LogP contribution in [-0.4, -0.2) is 37.7 Å². The normalized spacial score (nSPS) is 21.2. The molecule has 0 aromatic carbocycles. The largest absolute Gasteiger partial charge is 0.378 e. The van der Waals surface area contributed by atoms with Crippen LogP contribution in [0, 0.1) is 0 Å². The molecular weight excluding hydrogens is 228 g/mol. The van der Waals surface area contributed by atoms with Crippen LogP contribution in [0.1, 0.15) is 33.1 Å². The summed E-state index contributed by atoms with van der Waals surface area (Å²) >= 11 is 0. The van der Waals surface area contributed by atoms with Crippen LogP contribution in [0.4, 0.5) is 0 Å². The lowest BCUT2D eigenvalue weighted by Gasteiger charge is -2.14. The van der Waals surface area contributed by atoms with Crippen LogP contribution in [0.15, 0.2) is 0 Å². The maximum absolute atomic E-state index is 11.5. The number of hydrogen-bond acceptors (Lipinski definition) is 3. The lowest BCUT2D eigenvalue weighted by molar-refractivity contribution is -0.123. The molecule has 1 aliphatic rings. The third-order valence-corrected chi connectivity index (χ3v) is 2.60. The Morgan fingerprint density at radius 2 is 2.31 bits per heavy atom. The van der Waals surface area contributed by atoms with Crippen molar-refractivity contribution in [2.45, 2.75) is 45.3 Å². The summed E-state index contributed by atoms with van der Waals surface area (Å²) in [6.07, 6.45) is 2.78. The molecule has 1 aliphatic heterocycles. The van der Waals surface area contributed by atoms with Crippen LogP contribution < -0.4 is 10.6 Å². The van der Waals surface area contributed by atoms with E-state index in [9.17, 15) is 4.79 Å². The summed E-state index contributed by atoms with van der Waals surface area (Å²) in [5.41, 5.74) is 0. The molecule has 0 bridgehead atoms. The highest BCUT2D eigenvalue weighted by molar-refractivity contribution is 5.85. The zero-order valence-corrected chi connectivity index (χ0v) is 10.9. The number of ether oxygens (including phenoxy) is 1. The first-order valence-corrected chi connectivity index (χ1v) is 5.84. The Morgan fingerprint density at radius 3 is 2.88 bits per heavy atom. The van der Waals surface area contributed by atoms with Gasteiger partial charge in [0, 0.05) is 19.2 Å². The van der Waals surface area contributed by atoms with Crippen molar-refractivity contribution < 1.29 is 9.53 Å². The molecule has 1 heterocycles. The Kier molecular flexibility index (Phi) is 8.61. The van der Waals surface area contributed by atoms with Gasteiger partial charge in [-0.15, -0.1) is 12.4 Å². The highest BCUT2D eigenvalue weighted by atomic mass is 35.5. The summed E-state index contributed by atoms with van der Waals surface area (Å²) in [6.45, 7) is 6.56. The van der Waals surface area contributed by atoms with E-state index in [1.807, 2.05) is 0 Å². The van der Waals surface area contributed by atoms with Gasteiger partial charge in [-0.3, -0.25) is 4.79 Å². The number of nitrogens with one attached hydrogen (secondary N) is 2. The molecule has 1 unspecified atom stereocenters. The van der Waals surface area contributed by atoms with Gasteiger partial charge in [0.1, 0.15) is 0 Å². The number of likely N-dealkylation sites (N-methyl/N-ethyl adjacent to an activating group) is 1. The summed E-state index contributed by atoms with van der Waals surface area (Å²) in [7, 11) is 0. The van der Waals surface area contributed by atoms with E-state index in [4.69, 9.17) is 4.74 Å². The Labute approximate surface area is 104 Å². The number of amides is 1. The summed E-state index contributed by atoms with van der Waals surface area (Å²) in [5, 5.41) is 6.16. The molecule has 96 valence electrons. The molecule has 2 atom stereocenters. The topological polar surface area (TPSA) is 50.4 Å². The van der Waals surface area contributed by atoms with Crippen LogP contribution in [-0.2, 0) is 9.53 Å². The molecule has 1 rings (SSSR count). The first-order chi connectivity index (χ1) is 7.22. The third kappa shape index (κ3) is 6.30. The van der Waals surface area contributed by atoms with Crippen LogP contribution >= 0.6 is 12.4 Å². The van der Waals surface area contributed by atoms with Gasteiger partial charge in [0.2, 0.25) is 5.91 Å². The van der Waals surface area contributed by atoms with Crippen LogP contribution in [0.5, 0.6) is 0 Å². The van der Waals surface area contributed by atoms with Gasteiger partial charge in [-0.1, -0.05) is 6.92 Å². The van der Waals surface area contributed by atoms with Crippen molar-refractivity contribution in [3.05, 3.63) is 0 Å². The van der Waals surface area contributed by atoms with Crippen LogP contribution in [0.25, 0.3) is 0 Å². The average Bonchev–Trinajstić information content (AvgIpc) is 2.68. The molecule has 1 fully saturated rings. The van der Waals surface area contributed by atoms with Gasteiger partial charge in [0.15, 0.2) is 0 Å². The van der Waals surface area contributed by atoms with E-state index >= 15 is 0 Å². The average molecular weight is 251 g/mol. The highest BCUT2D eigenvalue weighted by Crippen LogP contribution is 2.14. The molecule has 0 spiro atoms. The number of halogens is 1. The van der Waals surface area contributed by atoms with Gasteiger partial charge >= 0.3 is 0 Å². The second-order valence-electron chi connectivity index (χ2n) is 4.10. The molecule has 0 saturated carbocycles. The lowest BCUT2D eigenvalue weighted by Crippen LogP contribution is -2.39. The Balaban J connectivity index is 0.00000225. The van der Waals surface area contributed by atoms with Gasteiger partial charge in [-0.25, -0.2) is 0 Å². The summed E-state index contributed by atoms with van der Waals surface area (Å²) in [5.74, 6) is 0.103. The molecule has 4 nitrogen and oxygen atoms in total. The minimum Gasteiger partial charge on any atom is -0.378 e. The van der Waals surface area contributed by atoms with E-state index in [0.29, 0.717) is 19.0 Å². The predicted octanol–water partition coefficient (Wildman–Crippen LogP) is 1.09. The Bertz CT molecular complexity index is 196. The molecule has 5 heteroatoms. The maximum atomic E-state index is 11.5. The second kappa shape index (κ2) is 8.79. The Hall–Kier alpha value is -0.320. The fourth-order valence-corrected chi connectivity index (χ4v) is 1.77. The van der Waals surface area contributed by atoms with Crippen molar-refractivity contribution in [1.29, 1.82) is 0 Å². The smallest absolute Gasteiger partial charge is 0.222 e. The van der Waals surface area contributed by atoms with Crippen molar-refractivity contribution in [3.8, 4) is 0 Å². The zero-order valence-electron chi connectivity index (χ0n) is 10.1. The summed E-state index contributed by atoms with van der Waals surface area (Å²) in [4.78, 5) is 11.5. The van der Waals surface area contributed by atoms with Crippen molar-refractivity contribution in [1.82, 2.24) is 10.6 Å². The van der Waals surface area contributed by atoms with Crippen molar-refractivity contribution in [2.75, 3.05) is 19.7 Å². The van der Waals surface area contributed by atoms with Crippen molar-refractivity contribution in [3.63, 3.8) is 0 Å². The number of carbonyl (C=O) groups excluding carboxylic acids is 1. The minimum absolute atomic E-state index is 0. The molecule has 1 saturated heterocycles. The summed E-state index contributed by atoms with van der Waals surface area (Å²) in [6, 6.07) is 0.337. The quantitative estimate of drug-likeness (QED) is 0.742.